The fourth-order valence-corrected chi connectivity index (χ4v) is 19.0. The van der Waals surface area contributed by atoms with Crippen LogP contribution in [0.4, 0.5) is 0 Å². The molecule has 6 aliphatic heterocycles. The van der Waals surface area contributed by atoms with E-state index in [-0.39, 0.29) is 36.0 Å². The van der Waals surface area contributed by atoms with E-state index in [1.165, 1.54) is 6.92 Å². The molecule has 0 aromatic heterocycles. The molecule has 11 aliphatic rings. The number of hydrogen-bond acceptors (Lipinski definition) is 31. The van der Waals surface area contributed by atoms with Crippen molar-refractivity contribution in [2.45, 2.75) is 297 Å². The van der Waals surface area contributed by atoms with E-state index >= 15 is 4.79 Å². The molecule has 0 aromatic carbocycles. The number of rotatable bonds is 15. The summed E-state index contributed by atoms with van der Waals surface area (Å²) in [6.45, 7) is 13.0. The molecule has 0 spiro atoms. The summed E-state index contributed by atoms with van der Waals surface area (Å²) in [5.74, 6) is -2.01. The SMILES string of the molecule is C[C@@H]1O[C@@H](O[C@H]2[C@H](OC(=O)[C@]34CC[C@@H](C)[C@@](C)(O)[C@H]3C3=CC[C@@H]5[C@@]6(C)CC[C@H](O[C@@H]7OC[C@H](O)[C@H](O[C@@H]8O[C@H](CO)[C@@H](O)[C@H](O)[C@H]8O)[C@H]7O[C@@H]7O[C@H](CO)[C@@H](O)[C@H](O)[C@H]7O)C(C)(C)[C@@H]6CC[C@@]5(C)[C@]3(C)CC4)O[C@H](CO[C@@H]3OC[C@@H](O)[C@H](O)[C@H]3O)[C@@H](O)[C@@H]2O)[C@H](O)[C@H](O)[C@H]1O. The zero-order valence-electron chi connectivity index (χ0n) is 54.9. The van der Waals surface area contributed by atoms with Gasteiger partial charge in [0.2, 0.25) is 6.29 Å². The van der Waals surface area contributed by atoms with Crippen molar-refractivity contribution in [3.8, 4) is 0 Å². The van der Waals surface area contributed by atoms with E-state index in [2.05, 4.69) is 40.7 Å². The lowest BCUT2D eigenvalue weighted by atomic mass is 9.33. The van der Waals surface area contributed by atoms with Crippen molar-refractivity contribution in [3.05, 3.63) is 11.6 Å². The van der Waals surface area contributed by atoms with E-state index in [9.17, 15) is 91.9 Å². The number of carbonyl (C=O) groups excluding carboxylic acids is 1. The van der Waals surface area contributed by atoms with Crippen molar-refractivity contribution in [1.82, 2.24) is 0 Å². The highest BCUT2D eigenvalue weighted by Crippen LogP contribution is 2.76. The summed E-state index contributed by atoms with van der Waals surface area (Å²) < 4.78 is 72.8. The van der Waals surface area contributed by atoms with Gasteiger partial charge in [0, 0.05) is 5.92 Å². The molecule has 0 radical (unpaired) electrons. The molecule has 31 heteroatoms. The number of esters is 1. The molecule has 0 unspecified atom stereocenters. The average Bonchev–Trinajstić information content (AvgIpc) is 0.673. The lowest BCUT2D eigenvalue weighted by Crippen LogP contribution is -2.69. The number of aliphatic hydroxyl groups excluding tert-OH is 17. The fourth-order valence-electron chi connectivity index (χ4n) is 19.0. The van der Waals surface area contributed by atoms with Gasteiger partial charge in [-0.3, -0.25) is 4.79 Å². The maximum Gasteiger partial charge on any atom is 0.315 e. The Balaban J connectivity index is 0.861. The van der Waals surface area contributed by atoms with Crippen molar-refractivity contribution < 1.29 is 154 Å². The number of aliphatic hydroxyl groups is 18. The number of ether oxygens (including phenoxy) is 12. The maximum atomic E-state index is 15.8. The smallest absolute Gasteiger partial charge is 0.315 e. The molecule has 6 saturated heterocycles. The summed E-state index contributed by atoms with van der Waals surface area (Å²) in [6.07, 6.45) is -41.4. The second-order valence-corrected chi connectivity index (χ2v) is 30.7. The van der Waals surface area contributed by atoms with E-state index < -0.39 is 250 Å². The Morgan fingerprint density at radius 2 is 1.04 bits per heavy atom. The normalized spacial score (nSPS) is 55.6. The Morgan fingerprint density at radius 1 is 0.505 bits per heavy atom. The van der Waals surface area contributed by atoms with Crippen LogP contribution >= 0.6 is 0 Å². The first kappa shape index (κ1) is 74.2. The molecule has 18 N–H and O–H groups in total. The zero-order valence-corrected chi connectivity index (χ0v) is 54.9. The van der Waals surface area contributed by atoms with Crippen LogP contribution in [-0.2, 0) is 61.6 Å². The van der Waals surface area contributed by atoms with Gasteiger partial charge < -0.3 is 149 Å². The predicted octanol–water partition coefficient (Wildman–Crippen LogP) is -5.11. The van der Waals surface area contributed by atoms with Crippen molar-refractivity contribution in [1.29, 1.82) is 0 Å². The molecule has 0 amide bonds. The molecule has 6 heterocycles. The van der Waals surface area contributed by atoms with Gasteiger partial charge in [0.25, 0.3) is 0 Å². The van der Waals surface area contributed by atoms with Crippen LogP contribution in [0.15, 0.2) is 11.6 Å². The first-order valence-electron chi connectivity index (χ1n) is 33.7. The Labute approximate surface area is 550 Å². The van der Waals surface area contributed by atoms with Crippen LogP contribution in [0.1, 0.15) is 113 Å². The van der Waals surface area contributed by atoms with Crippen molar-refractivity contribution in [3.63, 3.8) is 0 Å². The zero-order chi connectivity index (χ0) is 69.3. The summed E-state index contributed by atoms with van der Waals surface area (Å²) >= 11 is 0. The van der Waals surface area contributed by atoms with Crippen LogP contribution in [0.2, 0.25) is 0 Å². The molecule has 0 aromatic rings. The topological polar surface area (TPSA) is 492 Å². The molecule has 38 atom stereocenters. The molecular formula is C64H104O31. The Morgan fingerprint density at radius 3 is 1.66 bits per heavy atom. The predicted molar refractivity (Wildman–Crippen MR) is 316 cm³/mol. The highest BCUT2D eigenvalue weighted by Gasteiger charge is 2.73. The quantitative estimate of drug-likeness (QED) is 0.0414. The molecular weight excluding hydrogens is 1260 g/mol. The lowest BCUT2D eigenvalue weighted by molar-refractivity contribution is -0.389. The number of allylic oxidation sites excluding steroid dienone is 1. The highest BCUT2D eigenvalue weighted by atomic mass is 16.8. The second-order valence-electron chi connectivity index (χ2n) is 30.7. The van der Waals surface area contributed by atoms with Gasteiger partial charge in [-0.1, -0.05) is 53.2 Å². The maximum absolute atomic E-state index is 15.8. The van der Waals surface area contributed by atoms with Gasteiger partial charge in [0.15, 0.2) is 37.6 Å². The molecule has 95 heavy (non-hydrogen) atoms. The van der Waals surface area contributed by atoms with Gasteiger partial charge in [0.05, 0.1) is 56.3 Å². The molecule has 10 fully saturated rings. The molecule has 31 nitrogen and oxygen atoms in total. The largest absolute Gasteiger partial charge is 0.432 e. The minimum absolute atomic E-state index is 0.0153. The van der Waals surface area contributed by atoms with E-state index in [1.54, 1.807) is 6.92 Å². The molecule has 5 aliphatic carbocycles. The third-order valence-electron chi connectivity index (χ3n) is 25.2. The van der Waals surface area contributed by atoms with Gasteiger partial charge in [-0.15, -0.1) is 0 Å². The van der Waals surface area contributed by atoms with E-state index in [4.69, 9.17) is 56.8 Å². The summed E-state index contributed by atoms with van der Waals surface area (Å²) in [5, 5.41) is 197. The number of fused-ring (bicyclic) bond motifs is 7. The third-order valence-corrected chi connectivity index (χ3v) is 25.2. The Bertz CT molecular complexity index is 2670. The standard InChI is InChI=1S/C64H104O31/c1-24-11-16-64(58(82)95-57-49(93-53-45(79)40(74)35(69)25(2)87-53)43(77)39(73)31(90-57)23-86-52-44(78)36(70)27(67)21-84-52)18-17-61(6)26(51(64)63(24,8)83)9-10-33-60(5)14-13-34(59(3,4)32(60)12-15-62(33,61)7)91-56-50(94-55-47(81)42(76)38(72)30(20-66)89-55)48(28(68)22-85-56)92-54-46(80)41(75)37(71)29(19-65)88-54/h9,24-25,27-57,65-81,83H,10-23H2,1-8H3/t24-,25+,27-,28+,29-,30-,31-,32+,33-,34+,35+,36+,37-,38-,39-,40-,41+,42+,43+,44-,45-,46-,47-,48+,49-,50-,51-,52+,53+,54+,55+,56+,57+,60+,61-,62-,63-,64+/m1/s1. The average molecular weight is 1370 g/mol. The Hall–Kier alpha value is -1.95. The monoisotopic (exact) mass is 1370 g/mol. The number of carbonyl (C=O) groups is 1. The third kappa shape index (κ3) is 12.5. The minimum atomic E-state index is -1.99. The lowest BCUT2D eigenvalue weighted by Gasteiger charge is -2.72. The van der Waals surface area contributed by atoms with Crippen LogP contribution < -0.4 is 0 Å². The van der Waals surface area contributed by atoms with Gasteiger partial charge >= 0.3 is 5.97 Å². The first-order valence-corrected chi connectivity index (χ1v) is 33.7. The molecule has 4 saturated carbocycles. The fraction of sp³-hybridized carbons (Fsp3) is 0.953. The van der Waals surface area contributed by atoms with Crippen molar-refractivity contribution in [2.75, 3.05) is 33.0 Å². The van der Waals surface area contributed by atoms with Crippen molar-refractivity contribution in [2.24, 2.45) is 50.7 Å². The molecule has 546 valence electrons. The van der Waals surface area contributed by atoms with E-state index in [0.717, 1.165) is 5.57 Å². The minimum Gasteiger partial charge on any atom is -0.432 e. The van der Waals surface area contributed by atoms with Crippen LogP contribution in [0.5, 0.6) is 0 Å². The summed E-state index contributed by atoms with van der Waals surface area (Å²) in [4.78, 5) is 15.8. The second kappa shape index (κ2) is 27.7. The van der Waals surface area contributed by atoms with Crippen LogP contribution in [0.3, 0.4) is 0 Å². The first-order chi connectivity index (χ1) is 44.5. The summed E-state index contributed by atoms with van der Waals surface area (Å²) in [6, 6.07) is 0. The van der Waals surface area contributed by atoms with Crippen molar-refractivity contribution >= 4 is 5.97 Å². The van der Waals surface area contributed by atoms with Gasteiger partial charge in [-0.05, 0) is 111 Å². The molecule has 11 rings (SSSR count). The van der Waals surface area contributed by atoms with Crippen LogP contribution in [0.25, 0.3) is 0 Å². The van der Waals surface area contributed by atoms with E-state index in [1.807, 2.05) is 6.92 Å². The van der Waals surface area contributed by atoms with E-state index in [0.29, 0.717) is 44.9 Å². The summed E-state index contributed by atoms with van der Waals surface area (Å²) in [7, 11) is 0. The van der Waals surface area contributed by atoms with Gasteiger partial charge in [-0.2, -0.15) is 0 Å². The van der Waals surface area contributed by atoms with Gasteiger partial charge in [0.1, 0.15) is 122 Å². The molecule has 0 bridgehead atoms. The van der Waals surface area contributed by atoms with Gasteiger partial charge in [-0.25, -0.2) is 0 Å². The summed E-state index contributed by atoms with van der Waals surface area (Å²) in [5.41, 5.74) is -4.20. The number of hydrogen-bond donors (Lipinski definition) is 18. The Kier molecular flexibility index (Phi) is 21.6. The highest BCUT2D eigenvalue weighted by molar-refractivity contribution is 5.79. The van der Waals surface area contributed by atoms with Crippen LogP contribution in [-0.4, -0.2) is 315 Å². The van der Waals surface area contributed by atoms with Crippen LogP contribution in [0, 0.1) is 50.7 Å².